The second-order valence-electron chi connectivity index (χ2n) is 2.79. The van der Waals surface area contributed by atoms with Crippen molar-refractivity contribution in [1.29, 1.82) is 0 Å². The Morgan fingerprint density at radius 1 is 1.33 bits per heavy atom. The zero-order chi connectivity index (χ0) is 11.3. The van der Waals surface area contributed by atoms with Crippen molar-refractivity contribution < 1.29 is 14.6 Å². The largest absolute Gasteiger partial charge is 0.466 e. The van der Waals surface area contributed by atoms with Crippen LogP contribution in [0.2, 0.25) is 0 Å². The van der Waals surface area contributed by atoms with Gasteiger partial charge >= 0.3 is 0 Å². The molecule has 0 fully saturated rings. The molecule has 0 aliphatic heterocycles. The molecule has 15 heavy (non-hydrogen) atoms. The van der Waals surface area contributed by atoms with Crippen LogP contribution < -0.4 is 4.74 Å². The van der Waals surface area contributed by atoms with Gasteiger partial charge in [-0.3, -0.25) is 0 Å². The van der Waals surface area contributed by atoms with E-state index in [-0.39, 0.29) is 13.4 Å². The van der Waals surface area contributed by atoms with Gasteiger partial charge in [-0.05, 0) is 64.2 Å². The van der Waals surface area contributed by atoms with Crippen LogP contribution in [0, 0.1) is 7.14 Å². The summed E-state index contributed by atoms with van der Waals surface area (Å²) in [7, 11) is 0. The van der Waals surface area contributed by atoms with Gasteiger partial charge in [0.15, 0.2) is 6.79 Å². The molecular weight excluding hydrogens is 422 g/mol. The van der Waals surface area contributed by atoms with Crippen molar-refractivity contribution in [2.75, 3.05) is 13.4 Å². The van der Waals surface area contributed by atoms with E-state index in [2.05, 4.69) is 45.2 Å². The van der Waals surface area contributed by atoms with Gasteiger partial charge in [0.05, 0.1) is 10.2 Å². The number of ether oxygens (including phenoxy) is 2. The van der Waals surface area contributed by atoms with E-state index in [0.29, 0.717) is 12.4 Å². The smallest absolute Gasteiger partial charge is 0.189 e. The maximum absolute atomic E-state index is 9.20. The molecule has 0 radical (unpaired) electrons. The molecule has 0 aliphatic carbocycles. The van der Waals surface area contributed by atoms with Gasteiger partial charge in [0.1, 0.15) is 5.75 Å². The SMILES string of the molecule is CCOCOc1c(I)cc(I)cc1CO. The first-order valence-electron chi connectivity index (χ1n) is 4.48. The average Bonchev–Trinajstić information content (AvgIpc) is 2.20. The van der Waals surface area contributed by atoms with Crippen LogP contribution >= 0.6 is 45.2 Å². The molecule has 0 spiro atoms. The second-order valence-corrected chi connectivity index (χ2v) is 5.20. The van der Waals surface area contributed by atoms with Crippen LogP contribution in [0.3, 0.4) is 0 Å². The van der Waals surface area contributed by atoms with Gasteiger partial charge in [-0.2, -0.15) is 0 Å². The van der Waals surface area contributed by atoms with Gasteiger partial charge in [0.2, 0.25) is 0 Å². The van der Waals surface area contributed by atoms with Crippen molar-refractivity contribution in [2.24, 2.45) is 0 Å². The van der Waals surface area contributed by atoms with E-state index < -0.39 is 0 Å². The van der Waals surface area contributed by atoms with Crippen LogP contribution in [0.1, 0.15) is 12.5 Å². The number of aliphatic hydroxyl groups excluding tert-OH is 1. The summed E-state index contributed by atoms with van der Waals surface area (Å²) in [4.78, 5) is 0. The zero-order valence-corrected chi connectivity index (χ0v) is 12.6. The predicted octanol–water partition coefficient (Wildman–Crippen LogP) is 2.76. The fourth-order valence-electron chi connectivity index (χ4n) is 1.08. The van der Waals surface area contributed by atoms with Gasteiger partial charge in [-0.15, -0.1) is 0 Å². The van der Waals surface area contributed by atoms with E-state index in [0.717, 1.165) is 12.7 Å². The molecule has 1 rings (SSSR count). The Kier molecular flexibility index (Phi) is 6.17. The van der Waals surface area contributed by atoms with Crippen molar-refractivity contribution in [3.63, 3.8) is 0 Å². The first kappa shape index (κ1) is 13.5. The maximum atomic E-state index is 9.20. The van der Waals surface area contributed by atoms with Gasteiger partial charge in [0.25, 0.3) is 0 Å². The maximum Gasteiger partial charge on any atom is 0.189 e. The van der Waals surface area contributed by atoms with Crippen molar-refractivity contribution in [3.05, 3.63) is 24.8 Å². The second kappa shape index (κ2) is 6.87. The lowest BCUT2D eigenvalue weighted by Crippen LogP contribution is -2.06. The van der Waals surface area contributed by atoms with Crippen LogP contribution in [-0.4, -0.2) is 18.5 Å². The lowest BCUT2D eigenvalue weighted by molar-refractivity contribution is 0.0206. The Morgan fingerprint density at radius 2 is 2.07 bits per heavy atom. The normalized spacial score (nSPS) is 10.4. The number of halogens is 2. The van der Waals surface area contributed by atoms with E-state index in [1.807, 2.05) is 19.1 Å². The molecule has 0 amide bonds. The molecule has 0 aliphatic rings. The fourth-order valence-corrected chi connectivity index (χ4v) is 3.20. The standard InChI is InChI=1S/C10H12I2O3/c1-2-14-6-15-10-7(5-13)3-8(11)4-9(10)12/h3-4,13H,2,5-6H2,1H3. The Bertz CT molecular complexity index is 329. The molecule has 5 heteroatoms. The lowest BCUT2D eigenvalue weighted by Gasteiger charge is -2.12. The van der Waals surface area contributed by atoms with E-state index in [4.69, 9.17) is 9.47 Å². The third-order valence-electron chi connectivity index (χ3n) is 1.75. The summed E-state index contributed by atoms with van der Waals surface area (Å²) in [6, 6.07) is 3.91. The van der Waals surface area contributed by atoms with E-state index >= 15 is 0 Å². The van der Waals surface area contributed by atoms with Crippen LogP contribution in [0.15, 0.2) is 12.1 Å². The van der Waals surface area contributed by atoms with E-state index in [9.17, 15) is 5.11 Å². The number of hydrogen-bond donors (Lipinski definition) is 1. The highest BCUT2D eigenvalue weighted by molar-refractivity contribution is 14.1. The minimum atomic E-state index is -0.0195. The molecule has 1 aromatic rings. The minimum absolute atomic E-state index is 0.0195. The highest BCUT2D eigenvalue weighted by atomic mass is 127. The van der Waals surface area contributed by atoms with Gasteiger partial charge in [-0.1, -0.05) is 0 Å². The summed E-state index contributed by atoms with van der Waals surface area (Å²) < 4.78 is 12.7. The highest BCUT2D eigenvalue weighted by Crippen LogP contribution is 2.28. The molecule has 0 atom stereocenters. The number of hydrogen-bond acceptors (Lipinski definition) is 3. The molecule has 0 unspecified atom stereocenters. The number of aliphatic hydroxyl groups is 1. The van der Waals surface area contributed by atoms with Crippen molar-refractivity contribution in [3.8, 4) is 5.75 Å². The third kappa shape index (κ3) is 4.04. The van der Waals surface area contributed by atoms with Crippen LogP contribution in [0.4, 0.5) is 0 Å². The summed E-state index contributed by atoms with van der Waals surface area (Å²) in [5.74, 6) is 0.715. The summed E-state index contributed by atoms with van der Waals surface area (Å²) in [6.07, 6.45) is 0. The molecule has 3 nitrogen and oxygen atoms in total. The molecule has 84 valence electrons. The number of benzene rings is 1. The molecule has 0 bridgehead atoms. The average molecular weight is 434 g/mol. The summed E-state index contributed by atoms with van der Waals surface area (Å²) in [6.45, 7) is 2.74. The lowest BCUT2D eigenvalue weighted by atomic mass is 10.2. The predicted molar refractivity (Wildman–Crippen MR) is 74.9 cm³/mol. The van der Waals surface area contributed by atoms with Gasteiger partial charge < -0.3 is 14.6 Å². The molecular formula is C10H12I2O3. The third-order valence-corrected chi connectivity index (χ3v) is 3.17. The van der Waals surface area contributed by atoms with Gasteiger partial charge in [-0.25, -0.2) is 0 Å². The van der Waals surface area contributed by atoms with Crippen LogP contribution in [-0.2, 0) is 11.3 Å². The zero-order valence-electron chi connectivity index (χ0n) is 8.30. The Morgan fingerprint density at radius 3 is 2.67 bits per heavy atom. The molecule has 0 aromatic heterocycles. The van der Waals surface area contributed by atoms with E-state index in [1.54, 1.807) is 0 Å². The summed E-state index contributed by atoms with van der Waals surface area (Å²) in [5, 5.41) is 9.20. The molecule has 0 saturated carbocycles. The van der Waals surface area contributed by atoms with Gasteiger partial charge in [0, 0.05) is 15.7 Å². The van der Waals surface area contributed by atoms with Crippen LogP contribution in [0.5, 0.6) is 5.75 Å². The Hall–Kier alpha value is 0.400. The Labute approximate surface area is 116 Å². The highest BCUT2D eigenvalue weighted by Gasteiger charge is 2.09. The summed E-state index contributed by atoms with van der Waals surface area (Å²) in [5.41, 5.74) is 0.797. The quantitative estimate of drug-likeness (QED) is 0.441. The molecule has 1 N–H and O–H groups in total. The van der Waals surface area contributed by atoms with Crippen molar-refractivity contribution >= 4 is 45.2 Å². The molecule has 0 saturated heterocycles. The monoisotopic (exact) mass is 434 g/mol. The topological polar surface area (TPSA) is 38.7 Å². The van der Waals surface area contributed by atoms with Crippen molar-refractivity contribution in [2.45, 2.75) is 13.5 Å². The summed E-state index contributed by atoms with van der Waals surface area (Å²) >= 11 is 4.40. The van der Waals surface area contributed by atoms with Crippen molar-refractivity contribution in [1.82, 2.24) is 0 Å². The Balaban J connectivity index is 2.84. The fraction of sp³-hybridized carbons (Fsp3) is 0.400. The van der Waals surface area contributed by atoms with E-state index in [1.165, 1.54) is 0 Å². The first-order chi connectivity index (χ1) is 7.19. The minimum Gasteiger partial charge on any atom is -0.466 e. The first-order valence-corrected chi connectivity index (χ1v) is 6.64. The van der Waals surface area contributed by atoms with Crippen LogP contribution in [0.25, 0.3) is 0 Å². The molecule has 0 heterocycles. The number of rotatable bonds is 5. The molecule has 1 aromatic carbocycles.